The number of hydrogen-bond acceptors (Lipinski definition) is 4. The molecule has 0 unspecified atom stereocenters. The van der Waals surface area contributed by atoms with E-state index in [-0.39, 0.29) is 11.8 Å². The van der Waals surface area contributed by atoms with Gasteiger partial charge in [-0.2, -0.15) is 11.3 Å². The van der Waals surface area contributed by atoms with Gasteiger partial charge in [-0.05, 0) is 42.5 Å². The van der Waals surface area contributed by atoms with Crippen LogP contribution in [0.5, 0.6) is 0 Å². The molecule has 2 amide bonds. The molecule has 0 aliphatic carbocycles. The maximum atomic E-state index is 12.0. The fraction of sp³-hybridized carbons (Fsp3) is 0.250. The van der Waals surface area contributed by atoms with Crippen molar-refractivity contribution >= 4 is 50.5 Å². The summed E-state index contributed by atoms with van der Waals surface area (Å²) < 4.78 is 0.863. The molecule has 7 heteroatoms. The van der Waals surface area contributed by atoms with Crippen LogP contribution >= 0.6 is 27.3 Å². The van der Waals surface area contributed by atoms with Crippen molar-refractivity contribution < 1.29 is 9.59 Å². The zero-order valence-corrected chi connectivity index (χ0v) is 15.1. The van der Waals surface area contributed by atoms with Crippen LogP contribution in [0.4, 0.5) is 11.4 Å². The SMILES string of the molecule is Cc1cc(Br)cc(NC(=O)CCCNC(=O)c2ccsc2)c1N. The highest BCUT2D eigenvalue weighted by Crippen LogP contribution is 2.27. The van der Waals surface area contributed by atoms with E-state index in [1.165, 1.54) is 11.3 Å². The molecular weight excluding hydrogens is 378 g/mol. The van der Waals surface area contributed by atoms with Crippen molar-refractivity contribution in [1.82, 2.24) is 5.32 Å². The van der Waals surface area contributed by atoms with Gasteiger partial charge in [0.05, 0.1) is 11.4 Å². The Bertz CT molecular complexity index is 702. The van der Waals surface area contributed by atoms with Gasteiger partial charge < -0.3 is 16.4 Å². The topological polar surface area (TPSA) is 84.2 Å². The predicted molar refractivity (Wildman–Crippen MR) is 97.8 cm³/mol. The highest BCUT2D eigenvalue weighted by Gasteiger charge is 2.09. The first kappa shape index (κ1) is 17.5. The largest absolute Gasteiger partial charge is 0.397 e. The van der Waals surface area contributed by atoms with Gasteiger partial charge in [0.1, 0.15) is 0 Å². The van der Waals surface area contributed by atoms with Crippen molar-refractivity contribution in [2.75, 3.05) is 17.6 Å². The number of aryl methyl sites for hydroxylation is 1. The summed E-state index contributed by atoms with van der Waals surface area (Å²) in [6.07, 6.45) is 0.878. The first-order valence-electron chi connectivity index (χ1n) is 7.13. The molecule has 0 saturated carbocycles. The van der Waals surface area contributed by atoms with E-state index in [0.29, 0.717) is 36.3 Å². The molecule has 0 atom stereocenters. The Morgan fingerprint density at radius 2 is 2.13 bits per heavy atom. The molecule has 0 radical (unpaired) electrons. The second-order valence-corrected chi connectivity index (χ2v) is 6.80. The Kier molecular flexibility index (Phi) is 6.18. The van der Waals surface area contributed by atoms with E-state index in [9.17, 15) is 9.59 Å². The molecule has 0 fully saturated rings. The fourth-order valence-electron chi connectivity index (χ4n) is 2.02. The van der Waals surface area contributed by atoms with Crippen LogP contribution in [-0.2, 0) is 4.79 Å². The van der Waals surface area contributed by atoms with Crippen LogP contribution in [0.2, 0.25) is 0 Å². The lowest BCUT2D eigenvalue weighted by Crippen LogP contribution is -2.25. The molecule has 0 aliphatic heterocycles. The number of nitrogens with two attached hydrogens (primary N) is 1. The molecule has 4 N–H and O–H groups in total. The monoisotopic (exact) mass is 395 g/mol. The predicted octanol–water partition coefficient (Wildman–Crippen LogP) is 3.55. The molecule has 23 heavy (non-hydrogen) atoms. The number of nitrogen functional groups attached to an aromatic ring is 1. The second kappa shape index (κ2) is 8.12. The zero-order chi connectivity index (χ0) is 16.8. The molecule has 0 bridgehead atoms. The molecule has 1 aromatic heterocycles. The first-order chi connectivity index (χ1) is 11.0. The molecule has 2 rings (SSSR count). The number of amides is 2. The summed E-state index contributed by atoms with van der Waals surface area (Å²) in [5, 5.41) is 9.24. The molecule has 122 valence electrons. The van der Waals surface area contributed by atoms with Crippen LogP contribution in [0.3, 0.4) is 0 Å². The maximum absolute atomic E-state index is 12.0. The Morgan fingerprint density at radius 3 is 2.83 bits per heavy atom. The third-order valence-electron chi connectivity index (χ3n) is 3.28. The lowest BCUT2D eigenvalue weighted by atomic mass is 10.1. The summed E-state index contributed by atoms with van der Waals surface area (Å²) in [4.78, 5) is 23.7. The average molecular weight is 396 g/mol. The molecule has 0 saturated heterocycles. The number of carbonyl (C=O) groups is 2. The minimum Gasteiger partial charge on any atom is -0.397 e. The molecule has 1 aromatic carbocycles. The van der Waals surface area contributed by atoms with Crippen molar-refractivity contribution in [3.8, 4) is 0 Å². The normalized spacial score (nSPS) is 10.3. The van der Waals surface area contributed by atoms with Gasteiger partial charge in [-0.3, -0.25) is 9.59 Å². The molecule has 5 nitrogen and oxygen atoms in total. The lowest BCUT2D eigenvalue weighted by molar-refractivity contribution is -0.116. The third-order valence-corrected chi connectivity index (χ3v) is 4.42. The Labute approximate surface area is 147 Å². The number of hydrogen-bond donors (Lipinski definition) is 3. The zero-order valence-electron chi connectivity index (χ0n) is 12.7. The van der Waals surface area contributed by atoms with Gasteiger partial charge in [0.15, 0.2) is 0 Å². The van der Waals surface area contributed by atoms with Crippen molar-refractivity contribution in [1.29, 1.82) is 0 Å². The third kappa shape index (κ3) is 5.07. The fourth-order valence-corrected chi connectivity index (χ4v) is 3.23. The van der Waals surface area contributed by atoms with Gasteiger partial charge in [0.2, 0.25) is 5.91 Å². The van der Waals surface area contributed by atoms with Gasteiger partial charge in [0, 0.05) is 28.4 Å². The summed E-state index contributed by atoms with van der Waals surface area (Å²) >= 11 is 4.86. The van der Waals surface area contributed by atoms with Crippen molar-refractivity contribution in [2.24, 2.45) is 0 Å². The summed E-state index contributed by atoms with van der Waals surface area (Å²) in [5.41, 5.74) is 8.67. The van der Waals surface area contributed by atoms with E-state index in [4.69, 9.17) is 5.73 Å². The second-order valence-electron chi connectivity index (χ2n) is 5.10. The summed E-state index contributed by atoms with van der Waals surface area (Å²) in [6, 6.07) is 5.44. The lowest BCUT2D eigenvalue weighted by Gasteiger charge is -2.11. The van der Waals surface area contributed by atoms with E-state index in [2.05, 4.69) is 26.6 Å². The van der Waals surface area contributed by atoms with Crippen LogP contribution in [-0.4, -0.2) is 18.4 Å². The summed E-state index contributed by atoms with van der Waals surface area (Å²) in [7, 11) is 0. The summed E-state index contributed by atoms with van der Waals surface area (Å²) in [5.74, 6) is -0.238. The summed E-state index contributed by atoms with van der Waals surface area (Å²) in [6.45, 7) is 2.34. The smallest absolute Gasteiger partial charge is 0.252 e. The number of benzene rings is 1. The maximum Gasteiger partial charge on any atom is 0.252 e. The van der Waals surface area contributed by atoms with Gasteiger partial charge in [-0.15, -0.1) is 0 Å². The highest BCUT2D eigenvalue weighted by molar-refractivity contribution is 9.10. The number of nitrogens with one attached hydrogen (secondary N) is 2. The number of thiophene rings is 1. The standard InChI is InChI=1S/C16H18BrN3O2S/c1-10-7-12(17)8-13(15(10)18)20-14(21)3-2-5-19-16(22)11-4-6-23-9-11/h4,6-9H,2-3,5,18H2,1H3,(H,19,22)(H,20,21). The van der Waals surface area contributed by atoms with Crippen LogP contribution in [0, 0.1) is 6.92 Å². The van der Waals surface area contributed by atoms with Gasteiger partial charge in [-0.25, -0.2) is 0 Å². The molecule has 0 aliphatic rings. The van der Waals surface area contributed by atoms with Crippen molar-refractivity contribution in [3.63, 3.8) is 0 Å². The van der Waals surface area contributed by atoms with Crippen LogP contribution in [0.25, 0.3) is 0 Å². The Hall–Kier alpha value is -1.86. The van der Waals surface area contributed by atoms with Crippen molar-refractivity contribution in [2.45, 2.75) is 19.8 Å². The number of anilines is 2. The quantitative estimate of drug-likeness (QED) is 0.516. The first-order valence-corrected chi connectivity index (χ1v) is 8.87. The van der Waals surface area contributed by atoms with Crippen LogP contribution in [0.15, 0.2) is 33.4 Å². The van der Waals surface area contributed by atoms with E-state index >= 15 is 0 Å². The van der Waals surface area contributed by atoms with Crippen molar-refractivity contribution in [3.05, 3.63) is 44.6 Å². The highest BCUT2D eigenvalue weighted by atomic mass is 79.9. The molecule has 2 aromatic rings. The Morgan fingerprint density at radius 1 is 1.35 bits per heavy atom. The van der Waals surface area contributed by atoms with Gasteiger partial charge >= 0.3 is 0 Å². The number of rotatable bonds is 6. The average Bonchev–Trinajstić information content (AvgIpc) is 3.03. The Balaban J connectivity index is 1.76. The van der Waals surface area contributed by atoms with E-state index in [0.717, 1.165) is 10.0 Å². The molecular formula is C16H18BrN3O2S. The van der Waals surface area contributed by atoms with E-state index in [1.807, 2.05) is 18.4 Å². The van der Waals surface area contributed by atoms with Crippen LogP contribution in [0.1, 0.15) is 28.8 Å². The minimum atomic E-state index is -0.126. The van der Waals surface area contributed by atoms with Crippen LogP contribution < -0.4 is 16.4 Å². The molecule has 1 heterocycles. The number of halogens is 1. The van der Waals surface area contributed by atoms with E-state index < -0.39 is 0 Å². The minimum absolute atomic E-state index is 0.112. The number of carbonyl (C=O) groups excluding carboxylic acids is 2. The van der Waals surface area contributed by atoms with Gasteiger partial charge in [0.25, 0.3) is 5.91 Å². The van der Waals surface area contributed by atoms with E-state index in [1.54, 1.807) is 17.5 Å². The molecule has 0 spiro atoms. The van der Waals surface area contributed by atoms with Gasteiger partial charge in [-0.1, -0.05) is 15.9 Å².